The van der Waals surface area contributed by atoms with Crippen LogP contribution in [0.5, 0.6) is 0 Å². The summed E-state index contributed by atoms with van der Waals surface area (Å²) in [6, 6.07) is 0. The van der Waals surface area contributed by atoms with Gasteiger partial charge in [-0.05, 0) is 12.8 Å². The lowest BCUT2D eigenvalue weighted by atomic mass is 10.1. The summed E-state index contributed by atoms with van der Waals surface area (Å²) in [4.78, 5) is 51.3. The van der Waals surface area contributed by atoms with Crippen molar-refractivity contribution in [2.75, 3.05) is 0 Å². The minimum atomic E-state index is -4.96. The smallest absolute Gasteiger partial charge is 0.467 e. The molecule has 3 N–H and O–H groups in total. The van der Waals surface area contributed by atoms with Crippen LogP contribution in [-0.4, -0.2) is 44.9 Å². The van der Waals surface area contributed by atoms with E-state index in [9.17, 15) is 9.59 Å². The predicted octanol–water partition coefficient (Wildman–Crippen LogP) is 3.50. The average molecular weight is 467 g/mol. The minimum absolute atomic E-state index is 0.132. The molecule has 0 unspecified atom stereocenters. The monoisotopic (exact) mass is 466 g/mol. The fourth-order valence-electron chi connectivity index (χ4n) is 2.99. The van der Waals surface area contributed by atoms with Crippen molar-refractivity contribution >= 4 is 30.5 Å². The van der Waals surface area contributed by atoms with E-state index in [0.29, 0.717) is 12.8 Å². The Morgan fingerprint density at radius 3 is 1.30 bits per heavy atom. The lowest BCUT2D eigenvalue weighted by Gasteiger charge is -2.19. The van der Waals surface area contributed by atoms with Crippen molar-refractivity contribution < 1.29 is 36.9 Å². The Bertz CT molecular complexity index is 411. The first-order valence-corrected chi connectivity index (χ1v) is 14.7. The van der Waals surface area contributed by atoms with Crippen LogP contribution in [0.25, 0.3) is 0 Å². The van der Waals surface area contributed by atoms with Gasteiger partial charge in [-0.3, -0.25) is 9.59 Å². The summed E-state index contributed by atoms with van der Waals surface area (Å²) < 4.78 is 14.6. The first-order valence-electron chi connectivity index (χ1n) is 11.5. The maximum absolute atomic E-state index is 12.0. The molecular formula is C20H42O8Si2. The third kappa shape index (κ3) is 20.5. The van der Waals surface area contributed by atoms with Crippen LogP contribution in [0.2, 0.25) is 0 Å². The molecule has 30 heavy (non-hydrogen) atoms. The Labute approximate surface area is 184 Å². The lowest BCUT2D eigenvalue weighted by molar-refractivity contribution is -0.143. The van der Waals surface area contributed by atoms with E-state index >= 15 is 0 Å². The van der Waals surface area contributed by atoms with E-state index in [1.165, 1.54) is 38.5 Å². The van der Waals surface area contributed by atoms with Crippen molar-refractivity contribution in [2.45, 2.75) is 117 Å². The third-order valence-electron chi connectivity index (χ3n) is 4.68. The molecule has 0 aliphatic rings. The Kier molecular flexibility index (Phi) is 18.4. The van der Waals surface area contributed by atoms with E-state index in [0.717, 1.165) is 38.5 Å². The third-order valence-corrected chi connectivity index (χ3v) is 7.62. The molecule has 0 fully saturated rings. The van der Waals surface area contributed by atoms with E-state index in [4.69, 9.17) is 23.2 Å². The molecular weight excluding hydrogens is 424 g/mol. The standard InChI is InChI=1S/C20H42O8Si2/c1-3-5-7-9-11-13-15-17-19(21)26-29(28-30(23,24)25)27-20(22)18-16-14-12-10-8-6-4-2/h23-25,29H,3-18H2,1-2H3. The number of unbranched alkanes of at least 4 members (excludes halogenated alkanes) is 12. The maximum Gasteiger partial charge on any atom is 0.665 e. The van der Waals surface area contributed by atoms with Gasteiger partial charge in [-0.15, -0.1) is 0 Å². The Morgan fingerprint density at radius 1 is 0.633 bits per heavy atom. The second kappa shape index (κ2) is 18.9. The van der Waals surface area contributed by atoms with E-state index in [-0.39, 0.29) is 12.8 Å². The van der Waals surface area contributed by atoms with E-state index in [1.807, 2.05) is 0 Å². The van der Waals surface area contributed by atoms with Crippen LogP contribution < -0.4 is 0 Å². The molecule has 0 rings (SSSR count). The van der Waals surface area contributed by atoms with Gasteiger partial charge < -0.3 is 27.4 Å². The van der Waals surface area contributed by atoms with Gasteiger partial charge in [0.25, 0.3) is 11.9 Å². The molecule has 0 saturated heterocycles. The molecule has 0 bridgehead atoms. The lowest BCUT2D eigenvalue weighted by Crippen LogP contribution is -2.48. The highest BCUT2D eigenvalue weighted by Gasteiger charge is 2.40. The molecule has 8 nitrogen and oxygen atoms in total. The molecule has 0 radical (unpaired) electrons. The van der Waals surface area contributed by atoms with Crippen molar-refractivity contribution in [1.82, 2.24) is 0 Å². The molecule has 0 aromatic carbocycles. The van der Waals surface area contributed by atoms with Crippen LogP contribution in [0.3, 0.4) is 0 Å². The van der Waals surface area contributed by atoms with Crippen LogP contribution in [-0.2, 0) is 22.6 Å². The zero-order valence-corrected chi connectivity index (χ0v) is 20.9. The van der Waals surface area contributed by atoms with E-state index < -0.39 is 30.5 Å². The van der Waals surface area contributed by atoms with Gasteiger partial charge in [0.15, 0.2) is 0 Å². The first-order chi connectivity index (χ1) is 14.3. The van der Waals surface area contributed by atoms with Gasteiger partial charge in [-0.2, -0.15) is 0 Å². The molecule has 0 amide bonds. The molecule has 10 heteroatoms. The highest BCUT2D eigenvalue weighted by Crippen LogP contribution is 2.12. The molecule has 0 spiro atoms. The normalized spacial score (nSPS) is 11.7. The summed E-state index contributed by atoms with van der Waals surface area (Å²) in [6.07, 6.45) is 14.8. The van der Waals surface area contributed by atoms with Crippen LogP contribution in [0.4, 0.5) is 0 Å². The summed E-state index contributed by atoms with van der Waals surface area (Å²) in [7, 11) is -8.47. The second-order valence-electron chi connectivity index (χ2n) is 7.70. The largest absolute Gasteiger partial charge is 0.665 e. The van der Waals surface area contributed by atoms with Gasteiger partial charge in [0.1, 0.15) is 0 Å². The van der Waals surface area contributed by atoms with Gasteiger partial charge in [-0.1, -0.05) is 90.9 Å². The molecule has 0 aromatic heterocycles. The van der Waals surface area contributed by atoms with E-state index in [1.54, 1.807) is 0 Å². The topological polar surface area (TPSA) is 123 Å². The Hall–Kier alpha value is -0.786. The van der Waals surface area contributed by atoms with Crippen LogP contribution >= 0.6 is 0 Å². The zero-order chi connectivity index (χ0) is 22.7. The Morgan fingerprint density at radius 2 is 0.967 bits per heavy atom. The first kappa shape index (κ1) is 29.2. The number of carbonyl (C=O) groups excluding carboxylic acids is 2. The SMILES string of the molecule is CCCCCCCCCC(=O)O[SiH](OC(=O)CCCCCCCCC)O[Si](O)(O)O. The molecule has 0 atom stereocenters. The van der Waals surface area contributed by atoms with Gasteiger partial charge in [0.05, 0.1) is 0 Å². The van der Waals surface area contributed by atoms with Crippen LogP contribution in [0.15, 0.2) is 0 Å². The summed E-state index contributed by atoms with van der Waals surface area (Å²) >= 11 is 0. The second-order valence-corrected chi connectivity index (χ2v) is 10.8. The number of hydrogen-bond acceptors (Lipinski definition) is 8. The number of hydrogen-bond donors (Lipinski definition) is 3. The van der Waals surface area contributed by atoms with Gasteiger partial charge >= 0.3 is 18.6 Å². The van der Waals surface area contributed by atoms with Crippen molar-refractivity contribution in [3.63, 3.8) is 0 Å². The molecule has 0 saturated carbocycles. The number of rotatable bonds is 20. The van der Waals surface area contributed by atoms with Gasteiger partial charge in [0, 0.05) is 12.8 Å². The molecule has 0 aromatic rings. The average Bonchev–Trinajstić information content (AvgIpc) is 2.65. The summed E-state index contributed by atoms with van der Waals surface area (Å²) in [6.45, 7) is 4.31. The summed E-state index contributed by atoms with van der Waals surface area (Å²) in [5, 5.41) is 0. The highest BCUT2D eigenvalue weighted by atomic mass is 28.5. The van der Waals surface area contributed by atoms with Crippen molar-refractivity contribution in [2.24, 2.45) is 0 Å². The quantitative estimate of drug-likeness (QED) is 0.184. The maximum atomic E-state index is 12.0. The van der Waals surface area contributed by atoms with Gasteiger partial charge in [0.2, 0.25) is 0 Å². The molecule has 0 heterocycles. The fraction of sp³-hybridized carbons (Fsp3) is 0.900. The summed E-state index contributed by atoms with van der Waals surface area (Å²) in [5.41, 5.74) is 0. The number of carbonyl (C=O) groups is 2. The molecule has 178 valence electrons. The van der Waals surface area contributed by atoms with Crippen LogP contribution in [0, 0.1) is 0 Å². The van der Waals surface area contributed by atoms with E-state index in [2.05, 4.69) is 18.0 Å². The Balaban J connectivity index is 4.14. The van der Waals surface area contributed by atoms with Crippen LogP contribution in [0.1, 0.15) is 117 Å². The fourth-order valence-corrected chi connectivity index (χ4v) is 5.12. The highest BCUT2D eigenvalue weighted by molar-refractivity contribution is 6.60. The van der Waals surface area contributed by atoms with Crippen molar-refractivity contribution in [1.29, 1.82) is 0 Å². The van der Waals surface area contributed by atoms with Gasteiger partial charge in [-0.25, -0.2) is 0 Å². The predicted molar refractivity (Wildman–Crippen MR) is 118 cm³/mol. The molecule has 0 aliphatic carbocycles. The van der Waals surface area contributed by atoms with Crippen molar-refractivity contribution in [3.8, 4) is 0 Å². The zero-order valence-electron chi connectivity index (χ0n) is 18.8. The minimum Gasteiger partial charge on any atom is -0.467 e. The van der Waals surface area contributed by atoms with Crippen molar-refractivity contribution in [3.05, 3.63) is 0 Å². The summed E-state index contributed by atoms with van der Waals surface area (Å²) in [5.74, 6) is -1.25. The molecule has 0 aliphatic heterocycles.